The zero-order chi connectivity index (χ0) is 23.4. The Morgan fingerprint density at radius 3 is 2.58 bits per heavy atom. The highest BCUT2D eigenvalue weighted by Gasteiger charge is 2.31. The van der Waals surface area contributed by atoms with Crippen LogP contribution in [0.2, 0.25) is 0 Å². The summed E-state index contributed by atoms with van der Waals surface area (Å²) in [5, 5.41) is 2.89. The molecule has 0 radical (unpaired) electrons. The van der Waals surface area contributed by atoms with Crippen molar-refractivity contribution < 1.29 is 22.7 Å². The van der Waals surface area contributed by atoms with Gasteiger partial charge in [-0.05, 0) is 48.9 Å². The van der Waals surface area contributed by atoms with E-state index in [1.54, 1.807) is 22.5 Å². The second kappa shape index (κ2) is 10.5. The van der Waals surface area contributed by atoms with Crippen molar-refractivity contribution in [3.05, 3.63) is 23.8 Å². The molecule has 182 valence electrons. The highest BCUT2D eigenvalue weighted by molar-refractivity contribution is 7.89. The van der Waals surface area contributed by atoms with Crippen molar-refractivity contribution in [1.82, 2.24) is 14.5 Å². The number of sulfonamides is 1. The van der Waals surface area contributed by atoms with Crippen LogP contribution in [-0.4, -0.2) is 88.5 Å². The molecule has 1 aromatic rings. The standard InChI is InChI=1S/C23H34N4O5S/c1-18-6-9-26(10-7-18)33(30,31)20-3-4-21-19(16-20)2-5-23(29)27(21)17-22(28)24-8-11-25-12-14-32-15-13-25/h3-4,16,18H,2,5-15,17H2,1H3,(H,24,28). The lowest BCUT2D eigenvalue weighted by atomic mass is 10.0. The fourth-order valence-electron chi connectivity index (χ4n) is 4.62. The molecule has 0 unspecified atom stereocenters. The normalized spacial score (nSPS) is 21.1. The lowest BCUT2D eigenvalue weighted by Crippen LogP contribution is -2.46. The molecule has 2 saturated heterocycles. The Kier molecular flexibility index (Phi) is 7.68. The second-order valence-corrected chi connectivity index (χ2v) is 11.1. The summed E-state index contributed by atoms with van der Waals surface area (Å²) in [6, 6.07) is 4.92. The van der Waals surface area contributed by atoms with Crippen LogP contribution in [-0.2, 0) is 30.8 Å². The zero-order valence-corrected chi connectivity index (χ0v) is 20.1. The van der Waals surface area contributed by atoms with E-state index >= 15 is 0 Å². The van der Waals surface area contributed by atoms with Gasteiger partial charge in [-0.2, -0.15) is 4.31 Å². The molecular formula is C23H34N4O5S. The number of carbonyl (C=O) groups is 2. The maximum Gasteiger partial charge on any atom is 0.243 e. The number of anilines is 1. The molecule has 0 atom stereocenters. The molecule has 2 fully saturated rings. The van der Waals surface area contributed by atoms with Gasteiger partial charge in [-0.15, -0.1) is 0 Å². The Balaban J connectivity index is 1.40. The molecule has 0 spiro atoms. The van der Waals surface area contributed by atoms with Crippen molar-refractivity contribution in [3.63, 3.8) is 0 Å². The smallest absolute Gasteiger partial charge is 0.243 e. The van der Waals surface area contributed by atoms with Crippen molar-refractivity contribution in [2.24, 2.45) is 5.92 Å². The topological polar surface area (TPSA) is 99.3 Å². The average Bonchev–Trinajstić information content (AvgIpc) is 2.81. The first-order chi connectivity index (χ1) is 15.8. The first-order valence-corrected chi connectivity index (χ1v) is 13.3. The number of amides is 2. The van der Waals surface area contributed by atoms with Crippen molar-refractivity contribution >= 4 is 27.5 Å². The van der Waals surface area contributed by atoms with Gasteiger partial charge in [-0.25, -0.2) is 8.42 Å². The Morgan fingerprint density at radius 2 is 1.85 bits per heavy atom. The Hall–Kier alpha value is -2.01. The van der Waals surface area contributed by atoms with Gasteiger partial charge in [0.25, 0.3) is 0 Å². The number of hydrogen-bond donors (Lipinski definition) is 1. The predicted molar refractivity (Wildman–Crippen MR) is 125 cm³/mol. The van der Waals surface area contributed by atoms with E-state index < -0.39 is 10.0 Å². The number of aryl methyl sites for hydroxylation is 1. The summed E-state index contributed by atoms with van der Waals surface area (Å²) in [5.74, 6) is 0.203. The van der Waals surface area contributed by atoms with Crippen LogP contribution in [0.4, 0.5) is 5.69 Å². The third kappa shape index (κ3) is 5.74. The van der Waals surface area contributed by atoms with Crippen molar-refractivity contribution in [3.8, 4) is 0 Å². The fourth-order valence-corrected chi connectivity index (χ4v) is 6.14. The van der Waals surface area contributed by atoms with E-state index in [1.165, 1.54) is 4.90 Å². The van der Waals surface area contributed by atoms with E-state index in [9.17, 15) is 18.0 Å². The minimum atomic E-state index is -3.56. The van der Waals surface area contributed by atoms with Crippen molar-refractivity contribution in [1.29, 1.82) is 0 Å². The molecule has 0 saturated carbocycles. The maximum absolute atomic E-state index is 13.1. The number of morpholine rings is 1. The van der Waals surface area contributed by atoms with Crippen LogP contribution in [0, 0.1) is 5.92 Å². The number of hydrogen-bond acceptors (Lipinski definition) is 6. The Labute approximate surface area is 196 Å². The summed E-state index contributed by atoms with van der Waals surface area (Å²) in [5.41, 5.74) is 1.42. The number of benzene rings is 1. The third-order valence-corrected chi connectivity index (χ3v) is 8.68. The average molecular weight is 479 g/mol. The summed E-state index contributed by atoms with van der Waals surface area (Å²) in [4.78, 5) is 29.1. The largest absolute Gasteiger partial charge is 0.379 e. The molecular weight excluding hydrogens is 444 g/mol. The maximum atomic E-state index is 13.1. The van der Waals surface area contributed by atoms with Gasteiger partial charge < -0.3 is 15.0 Å². The monoisotopic (exact) mass is 478 g/mol. The zero-order valence-electron chi connectivity index (χ0n) is 19.3. The molecule has 9 nitrogen and oxygen atoms in total. The van der Waals surface area contributed by atoms with E-state index in [1.807, 2.05) is 0 Å². The van der Waals surface area contributed by atoms with Gasteiger partial charge in [0, 0.05) is 51.4 Å². The van der Waals surface area contributed by atoms with Gasteiger partial charge in [-0.1, -0.05) is 6.92 Å². The summed E-state index contributed by atoms with van der Waals surface area (Å²) >= 11 is 0. The quantitative estimate of drug-likeness (QED) is 0.623. The van der Waals surface area contributed by atoms with E-state index in [0.29, 0.717) is 50.9 Å². The Bertz CT molecular complexity index is 969. The van der Waals surface area contributed by atoms with E-state index in [-0.39, 0.29) is 29.7 Å². The lowest BCUT2D eigenvalue weighted by molar-refractivity contribution is -0.124. The minimum absolute atomic E-state index is 0.0644. The fraction of sp³-hybridized carbons (Fsp3) is 0.652. The molecule has 2 amide bonds. The summed E-state index contributed by atoms with van der Waals surface area (Å²) in [6.45, 7) is 7.55. The summed E-state index contributed by atoms with van der Waals surface area (Å²) < 4.78 is 33.1. The molecule has 10 heteroatoms. The van der Waals surface area contributed by atoms with Crippen LogP contribution in [0.25, 0.3) is 0 Å². The number of fused-ring (bicyclic) bond motifs is 1. The molecule has 3 aliphatic heterocycles. The molecule has 0 bridgehead atoms. The van der Waals surface area contributed by atoms with Gasteiger partial charge >= 0.3 is 0 Å². The van der Waals surface area contributed by atoms with E-state index in [0.717, 1.165) is 38.0 Å². The van der Waals surface area contributed by atoms with Gasteiger partial charge in [0.1, 0.15) is 6.54 Å². The number of piperidine rings is 1. The van der Waals surface area contributed by atoms with Crippen LogP contribution in [0.1, 0.15) is 31.7 Å². The number of carbonyl (C=O) groups excluding carboxylic acids is 2. The SMILES string of the molecule is CC1CCN(S(=O)(=O)c2ccc3c(c2)CCC(=O)N3CC(=O)NCCN2CCOCC2)CC1. The van der Waals surface area contributed by atoms with Crippen LogP contribution in [0.15, 0.2) is 23.1 Å². The van der Waals surface area contributed by atoms with Gasteiger partial charge in [0.15, 0.2) is 0 Å². The van der Waals surface area contributed by atoms with E-state index in [2.05, 4.69) is 17.1 Å². The first-order valence-electron chi connectivity index (χ1n) is 11.8. The van der Waals surface area contributed by atoms with Crippen molar-refractivity contribution in [2.45, 2.75) is 37.5 Å². The second-order valence-electron chi connectivity index (χ2n) is 9.16. The van der Waals surface area contributed by atoms with Crippen molar-refractivity contribution in [2.75, 3.05) is 63.9 Å². The van der Waals surface area contributed by atoms with E-state index in [4.69, 9.17) is 4.74 Å². The number of nitrogens with one attached hydrogen (secondary N) is 1. The van der Waals surface area contributed by atoms with Gasteiger partial charge in [0.2, 0.25) is 21.8 Å². The molecule has 1 N–H and O–H groups in total. The first kappa shape index (κ1) is 24.1. The van der Waals surface area contributed by atoms with Crippen LogP contribution < -0.4 is 10.2 Å². The highest BCUT2D eigenvalue weighted by atomic mass is 32.2. The summed E-state index contributed by atoms with van der Waals surface area (Å²) in [6.07, 6.45) is 2.47. The van der Waals surface area contributed by atoms with Gasteiger partial charge in [-0.3, -0.25) is 14.5 Å². The molecule has 3 heterocycles. The molecule has 0 aliphatic carbocycles. The molecule has 1 aromatic carbocycles. The van der Waals surface area contributed by atoms with Crippen LogP contribution in [0.3, 0.4) is 0 Å². The Morgan fingerprint density at radius 1 is 1.12 bits per heavy atom. The number of nitrogens with zero attached hydrogens (tertiary/aromatic N) is 3. The number of ether oxygens (including phenoxy) is 1. The molecule has 4 rings (SSSR count). The minimum Gasteiger partial charge on any atom is -0.379 e. The highest BCUT2D eigenvalue weighted by Crippen LogP contribution is 2.32. The molecule has 0 aromatic heterocycles. The lowest BCUT2D eigenvalue weighted by Gasteiger charge is -2.31. The van der Waals surface area contributed by atoms with Crippen LogP contribution >= 0.6 is 0 Å². The van der Waals surface area contributed by atoms with Gasteiger partial charge in [0.05, 0.1) is 18.1 Å². The number of rotatable bonds is 7. The predicted octanol–water partition coefficient (Wildman–Crippen LogP) is 0.835. The summed E-state index contributed by atoms with van der Waals surface area (Å²) in [7, 11) is -3.56. The van der Waals surface area contributed by atoms with Crippen LogP contribution in [0.5, 0.6) is 0 Å². The molecule has 3 aliphatic rings. The molecule has 33 heavy (non-hydrogen) atoms. The third-order valence-electron chi connectivity index (χ3n) is 6.79.